The van der Waals surface area contributed by atoms with Crippen LogP contribution in [0.15, 0.2) is 12.1 Å². The Hall–Kier alpha value is -2.10. The molecule has 0 saturated heterocycles. The van der Waals surface area contributed by atoms with Gasteiger partial charge in [-0.25, -0.2) is 0 Å². The van der Waals surface area contributed by atoms with Crippen LogP contribution in [0.2, 0.25) is 0 Å². The highest BCUT2D eigenvalue weighted by Crippen LogP contribution is 2.38. The van der Waals surface area contributed by atoms with Crippen LogP contribution in [-0.4, -0.2) is 4.92 Å². The van der Waals surface area contributed by atoms with Crippen molar-refractivity contribution in [3.8, 4) is 6.07 Å². The second-order valence-corrected chi connectivity index (χ2v) is 3.07. The first kappa shape index (κ1) is 12.0. The summed E-state index contributed by atoms with van der Waals surface area (Å²) in [6, 6.07) is 3.08. The minimum atomic E-state index is -4.92. The van der Waals surface area contributed by atoms with Crippen LogP contribution in [0.4, 0.5) is 18.9 Å². The van der Waals surface area contributed by atoms with E-state index < -0.39 is 27.9 Å². The zero-order valence-corrected chi connectivity index (χ0v) is 8.00. The van der Waals surface area contributed by atoms with Gasteiger partial charge in [-0.05, 0) is 18.6 Å². The molecular formula is C9H5F3N2O2. The molecule has 84 valence electrons. The molecule has 0 bridgehead atoms. The number of hydrogen-bond acceptors (Lipinski definition) is 3. The molecule has 0 atom stereocenters. The minimum Gasteiger partial charge on any atom is -0.258 e. The van der Waals surface area contributed by atoms with Crippen molar-refractivity contribution in [1.29, 1.82) is 5.26 Å². The highest BCUT2D eigenvalue weighted by molar-refractivity contribution is 5.54. The molecule has 0 N–H and O–H groups in total. The molecule has 4 nitrogen and oxygen atoms in total. The molecule has 0 unspecified atom stereocenters. The number of nitriles is 1. The molecule has 0 saturated carbocycles. The number of hydrogen-bond donors (Lipinski definition) is 0. The average Bonchev–Trinajstić information content (AvgIpc) is 2.14. The molecule has 0 aliphatic rings. The molecule has 0 heterocycles. The summed E-state index contributed by atoms with van der Waals surface area (Å²) >= 11 is 0. The smallest absolute Gasteiger partial charge is 0.258 e. The van der Waals surface area contributed by atoms with E-state index >= 15 is 0 Å². The van der Waals surface area contributed by atoms with Crippen molar-refractivity contribution in [1.82, 2.24) is 0 Å². The van der Waals surface area contributed by atoms with Gasteiger partial charge in [-0.15, -0.1) is 0 Å². The number of halogens is 3. The maximum absolute atomic E-state index is 12.5. The van der Waals surface area contributed by atoms with Crippen molar-refractivity contribution in [2.24, 2.45) is 0 Å². The summed E-state index contributed by atoms with van der Waals surface area (Å²) in [5.74, 6) is 0. The van der Waals surface area contributed by atoms with Crippen LogP contribution >= 0.6 is 0 Å². The Bertz CT molecular complexity index is 489. The van der Waals surface area contributed by atoms with Gasteiger partial charge in [0.15, 0.2) is 5.56 Å². The van der Waals surface area contributed by atoms with Crippen molar-refractivity contribution >= 4 is 5.69 Å². The molecule has 1 rings (SSSR count). The number of rotatable bonds is 1. The number of nitro groups is 1. The van der Waals surface area contributed by atoms with E-state index in [1.807, 2.05) is 0 Å². The standard InChI is InChI=1S/C9H5F3N2O2/c1-5-2-6(4-13)8(9(10,11)12)7(3-5)14(15)16/h2-3H,1H3. The fraction of sp³-hybridized carbons (Fsp3) is 0.222. The quantitative estimate of drug-likeness (QED) is 0.550. The van der Waals surface area contributed by atoms with E-state index in [1.54, 1.807) is 0 Å². The van der Waals surface area contributed by atoms with E-state index in [2.05, 4.69) is 0 Å². The summed E-state index contributed by atoms with van der Waals surface area (Å²) in [4.78, 5) is 9.34. The first-order valence-corrected chi connectivity index (χ1v) is 4.03. The Kier molecular flexibility index (Phi) is 2.85. The van der Waals surface area contributed by atoms with Gasteiger partial charge in [0.2, 0.25) is 0 Å². The SMILES string of the molecule is Cc1cc(C#N)c(C(F)(F)F)c([N+](=O)[O-])c1. The van der Waals surface area contributed by atoms with Crippen LogP contribution in [0.5, 0.6) is 0 Å². The summed E-state index contributed by atoms with van der Waals surface area (Å²) in [5.41, 5.74) is -3.09. The second-order valence-electron chi connectivity index (χ2n) is 3.07. The molecule has 0 amide bonds. The predicted octanol–water partition coefficient (Wildman–Crippen LogP) is 2.79. The zero-order chi connectivity index (χ0) is 12.5. The van der Waals surface area contributed by atoms with Crippen LogP contribution in [0.3, 0.4) is 0 Å². The lowest BCUT2D eigenvalue weighted by Gasteiger charge is -2.09. The van der Waals surface area contributed by atoms with Crippen LogP contribution in [-0.2, 0) is 6.18 Å². The molecule has 0 radical (unpaired) electrons. The predicted molar refractivity (Wildman–Crippen MR) is 47.6 cm³/mol. The molecule has 0 aliphatic carbocycles. The largest absolute Gasteiger partial charge is 0.424 e. The lowest BCUT2D eigenvalue weighted by molar-refractivity contribution is -0.388. The van der Waals surface area contributed by atoms with Crippen molar-refractivity contribution < 1.29 is 18.1 Å². The van der Waals surface area contributed by atoms with Crippen LogP contribution in [0, 0.1) is 28.4 Å². The number of nitrogens with zero attached hydrogens (tertiary/aromatic N) is 2. The van der Waals surface area contributed by atoms with E-state index in [4.69, 9.17) is 5.26 Å². The fourth-order valence-electron chi connectivity index (χ4n) is 1.30. The van der Waals surface area contributed by atoms with E-state index in [0.29, 0.717) is 0 Å². The third kappa shape index (κ3) is 2.11. The number of alkyl halides is 3. The van der Waals surface area contributed by atoms with E-state index in [-0.39, 0.29) is 5.56 Å². The van der Waals surface area contributed by atoms with Gasteiger partial charge in [-0.1, -0.05) is 0 Å². The van der Waals surface area contributed by atoms with E-state index in [0.717, 1.165) is 12.1 Å². The van der Waals surface area contributed by atoms with Gasteiger partial charge in [-0.3, -0.25) is 10.1 Å². The number of benzene rings is 1. The second kappa shape index (κ2) is 3.81. The molecule has 1 aromatic rings. The third-order valence-corrected chi connectivity index (χ3v) is 1.86. The average molecular weight is 230 g/mol. The van der Waals surface area contributed by atoms with Crippen LogP contribution < -0.4 is 0 Å². The van der Waals surface area contributed by atoms with Crippen molar-refractivity contribution in [3.05, 3.63) is 38.9 Å². The summed E-state index contributed by atoms with van der Waals surface area (Å²) in [6.07, 6.45) is -4.92. The molecule has 0 aliphatic heterocycles. The lowest BCUT2D eigenvalue weighted by atomic mass is 10.0. The van der Waals surface area contributed by atoms with Gasteiger partial charge in [0.05, 0.1) is 10.5 Å². The first-order valence-electron chi connectivity index (χ1n) is 4.03. The van der Waals surface area contributed by atoms with Gasteiger partial charge in [0.1, 0.15) is 6.07 Å². The maximum Gasteiger partial charge on any atom is 0.424 e. The Morgan fingerprint density at radius 2 is 2.00 bits per heavy atom. The first-order chi connectivity index (χ1) is 7.27. The fourth-order valence-corrected chi connectivity index (χ4v) is 1.30. The molecule has 7 heteroatoms. The highest BCUT2D eigenvalue weighted by Gasteiger charge is 2.41. The minimum absolute atomic E-state index is 0.233. The van der Waals surface area contributed by atoms with Gasteiger partial charge in [-0.2, -0.15) is 18.4 Å². The third-order valence-electron chi connectivity index (χ3n) is 1.86. The summed E-state index contributed by atoms with van der Waals surface area (Å²) in [5, 5.41) is 19.0. The van der Waals surface area contributed by atoms with Gasteiger partial charge in [0.25, 0.3) is 5.69 Å². The number of aryl methyl sites for hydroxylation is 1. The normalized spacial score (nSPS) is 10.9. The van der Waals surface area contributed by atoms with Crippen molar-refractivity contribution in [3.63, 3.8) is 0 Å². The van der Waals surface area contributed by atoms with Gasteiger partial charge in [0, 0.05) is 6.07 Å². The van der Waals surface area contributed by atoms with Gasteiger partial charge >= 0.3 is 6.18 Å². The Morgan fingerprint density at radius 3 is 2.38 bits per heavy atom. The Balaban J connectivity index is 3.67. The molecule has 1 aromatic carbocycles. The Morgan fingerprint density at radius 1 is 1.44 bits per heavy atom. The van der Waals surface area contributed by atoms with Crippen LogP contribution in [0.1, 0.15) is 16.7 Å². The molecule has 0 spiro atoms. The summed E-state index contributed by atoms with van der Waals surface area (Å²) < 4.78 is 37.6. The molecule has 0 fully saturated rings. The van der Waals surface area contributed by atoms with Crippen LogP contribution in [0.25, 0.3) is 0 Å². The summed E-state index contributed by atoms with van der Waals surface area (Å²) in [6.45, 7) is 1.38. The Labute approximate surface area is 88.1 Å². The summed E-state index contributed by atoms with van der Waals surface area (Å²) in [7, 11) is 0. The molecule has 0 aromatic heterocycles. The van der Waals surface area contributed by atoms with E-state index in [1.165, 1.54) is 13.0 Å². The number of nitro benzene ring substituents is 1. The van der Waals surface area contributed by atoms with E-state index in [9.17, 15) is 23.3 Å². The van der Waals surface area contributed by atoms with Crippen molar-refractivity contribution in [2.45, 2.75) is 13.1 Å². The topological polar surface area (TPSA) is 66.9 Å². The molecule has 16 heavy (non-hydrogen) atoms. The van der Waals surface area contributed by atoms with Gasteiger partial charge < -0.3 is 0 Å². The maximum atomic E-state index is 12.5. The van der Waals surface area contributed by atoms with Crippen molar-refractivity contribution in [2.75, 3.05) is 0 Å². The lowest BCUT2D eigenvalue weighted by Crippen LogP contribution is -2.11. The monoisotopic (exact) mass is 230 g/mol. The highest BCUT2D eigenvalue weighted by atomic mass is 19.4. The molecular weight excluding hydrogens is 225 g/mol. The zero-order valence-electron chi connectivity index (χ0n) is 8.00.